The standard InChI is InChI=1S/C16H16N2O4/c1-18-8-10(6-7-14(18)19)17-15(20)13-9-22-16(21)12-5-3-2-4-11(12)13/h2-5,9-10H,6-8H2,1H3,(H,17,20). The summed E-state index contributed by atoms with van der Waals surface area (Å²) in [4.78, 5) is 37.2. The largest absolute Gasteiger partial charge is 0.430 e. The molecule has 2 amide bonds. The minimum Gasteiger partial charge on any atom is -0.430 e. The zero-order chi connectivity index (χ0) is 15.7. The minimum absolute atomic E-state index is 0.0849. The molecule has 0 bridgehead atoms. The van der Waals surface area contributed by atoms with Crippen LogP contribution in [0.5, 0.6) is 0 Å². The number of carbonyl (C=O) groups is 2. The second-order valence-electron chi connectivity index (χ2n) is 5.47. The molecule has 0 radical (unpaired) electrons. The number of fused-ring (bicyclic) bond motifs is 1. The van der Waals surface area contributed by atoms with Crippen LogP contribution in [-0.4, -0.2) is 36.3 Å². The highest BCUT2D eigenvalue weighted by Gasteiger charge is 2.25. The predicted molar refractivity (Wildman–Crippen MR) is 80.6 cm³/mol. The van der Waals surface area contributed by atoms with Crippen molar-refractivity contribution in [1.82, 2.24) is 10.2 Å². The van der Waals surface area contributed by atoms with Gasteiger partial charge in [0.15, 0.2) is 0 Å². The van der Waals surface area contributed by atoms with E-state index in [1.54, 1.807) is 36.2 Å². The van der Waals surface area contributed by atoms with Crippen LogP contribution in [0.15, 0.2) is 39.7 Å². The summed E-state index contributed by atoms with van der Waals surface area (Å²) in [5, 5.41) is 3.85. The Morgan fingerprint density at radius 3 is 2.73 bits per heavy atom. The Bertz CT molecular complexity index is 796. The summed E-state index contributed by atoms with van der Waals surface area (Å²) in [6.07, 6.45) is 2.23. The average molecular weight is 300 g/mol. The van der Waals surface area contributed by atoms with Crippen LogP contribution >= 0.6 is 0 Å². The Kier molecular flexibility index (Phi) is 3.66. The van der Waals surface area contributed by atoms with E-state index in [2.05, 4.69) is 5.32 Å². The molecular weight excluding hydrogens is 284 g/mol. The molecule has 1 saturated heterocycles. The Hall–Kier alpha value is -2.63. The molecule has 114 valence electrons. The highest BCUT2D eigenvalue weighted by Crippen LogP contribution is 2.16. The van der Waals surface area contributed by atoms with Crippen molar-refractivity contribution in [2.24, 2.45) is 0 Å². The van der Waals surface area contributed by atoms with Gasteiger partial charge in [-0.25, -0.2) is 4.79 Å². The van der Waals surface area contributed by atoms with Gasteiger partial charge in [0, 0.05) is 31.4 Å². The number of likely N-dealkylation sites (N-methyl/N-ethyl adjacent to an activating group) is 1. The molecule has 3 rings (SSSR count). The van der Waals surface area contributed by atoms with E-state index in [0.717, 1.165) is 0 Å². The fraction of sp³-hybridized carbons (Fsp3) is 0.312. The van der Waals surface area contributed by atoms with Crippen LogP contribution in [0.25, 0.3) is 10.8 Å². The number of piperidine rings is 1. The van der Waals surface area contributed by atoms with Gasteiger partial charge in [-0.2, -0.15) is 0 Å². The second kappa shape index (κ2) is 5.63. The minimum atomic E-state index is -0.463. The van der Waals surface area contributed by atoms with E-state index >= 15 is 0 Å². The van der Waals surface area contributed by atoms with E-state index in [1.807, 2.05) is 0 Å². The van der Waals surface area contributed by atoms with Crippen LogP contribution in [0.2, 0.25) is 0 Å². The molecule has 2 heterocycles. The molecule has 6 heteroatoms. The first-order valence-electron chi connectivity index (χ1n) is 7.11. The van der Waals surface area contributed by atoms with Crippen molar-refractivity contribution in [3.63, 3.8) is 0 Å². The maximum atomic E-state index is 12.4. The molecule has 1 unspecified atom stereocenters. The zero-order valence-electron chi connectivity index (χ0n) is 12.2. The van der Waals surface area contributed by atoms with Crippen LogP contribution in [0.4, 0.5) is 0 Å². The molecule has 0 aliphatic carbocycles. The fourth-order valence-corrected chi connectivity index (χ4v) is 2.70. The van der Waals surface area contributed by atoms with E-state index in [-0.39, 0.29) is 17.9 Å². The molecule has 1 aromatic carbocycles. The number of rotatable bonds is 2. The molecule has 1 aliphatic heterocycles. The first-order chi connectivity index (χ1) is 10.6. The van der Waals surface area contributed by atoms with Crippen molar-refractivity contribution in [3.8, 4) is 0 Å². The van der Waals surface area contributed by atoms with Crippen LogP contribution in [0.1, 0.15) is 23.2 Å². The topological polar surface area (TPSA) is 79.6 Å². The first-order valence-corrected chi connectivity index (χ1v) is 7.11. The maximum Gasteiger partial charge on any atom is 0.343 e. The van der Waals surface area contributed by atoms with Crippen molar-refractivity contribution < 1.29 is 14.0 Å². The summed E-state index contributed by atoms with van der Waals surface area (Å²) in [6.45, 7) is 0.485. The average Bonchev–Trinajstić information content (AvgIpc) is 2.51. The number of nitrogens with one attached hydrogen (secondary N) is 1. The molecular formula is C16H16N2O4. The summed E-state index contributed by atoms with van der Waals surface area (Å²) in [5.41, 5.74) is -0.134. The third kappa shape index (κ3) is 2.59. The van der Waals surface area contributed by atoms with Gasteiger partial charge in [-0.15, -0.1) is 0 Å². The Balaban J connectivity index is 1.86. The van der Waals surface area contributed by atoms with Crippen LogP contribution in [0.3, 0.4) is 0 Å². The Morgan fingerprint density at radius 1 is 1.27 bits per heavy atom. The van der Waals surface area contributed by atoms with Gasteiger partial charge in [-0.1, -0.05) is 18.2 Å². The monoisotopic (exact) mass is 300 g/mol. The Morgan fingerprint density at radius 2 is 2.00 bits per heavy atom. The zero-order valence-corrected chi connectivity index (χ0v) is 12.2. The summed E-state index contributed by atoms with van der Waals surface area (Å²) in [5.74, 6) is -0.214. The smallest absolute Gasteiger partial charge is 0.343 e. The van der Waals surface area contributed by atoms with Gasteiger partial charge in [0.1, 0.15) is 6.26 Å². The van der Waals surface area contributed by atoms with E-state index in [4.69, 9.17) is 4.42 Å². The molecule has 1 aromatic heterocycles. The van der Waals surface area contributed by atoms with Gasteiger partial charge in [0.25, 0.3) is 5.91 Å². The van der Waals surface area contributed by atoms with Crippen LogP contribution in [-0.2, 0) is 4.79 Å². The number of nitrogens with zero attached hydrogens (tertiary/aromatic N) is 1. The number of hydrogen-bond acceptors (Lipinski definition) is 4. The summed E-state index contributed by atoms with van der Waals surface area (Å²) in [6, 6.07) is 6.75. The molecule has 1 fully saturated rings. The van der Waals surface area contributed by atoms with E-state index < -0.39 is 5.63 Å². The number of carbonyl (C=O) groups excluding carboxylic acids is 2. The normalized spacial score (nSPS) is 18.5. The van der Waals surface area contributed by atoms with Crippen molar-refractivity contribution in [2.75, 3.05) is 13.6 Å². The van der Waals surface area contributed by atoms with Crippen molar-refractivity contribution in [3.05, 3.63) is 46.5 Å². The van der Waals surface area contributed by atoms with E-state index in [0.29, 0.717) is 35.7 Å². The lowest BCUT2D eigenvalue weighted by atomic mass is 10.0. The summed E-state index contributed by atoms with van der Waals surface area (Å²) < 4.78 is 4.94. The summed E-state index contributed by atoms with van der Waals surface area (Å²) >= 11 is 0. The molecule has 0 spiro atoms. The van der Waals surface area contributed by atoms with Crippen LogP contribution < -0.4 is 10.9 Å². The predicted octanol–water partition coefficient (Wildman–Crippen LogP) is 1.14. The summed E-state index contributed by atoms with van der Waals surface area (Å²) in [7, 11) is 1.72. The lowest BCUT2D eigenvalue weighted by Gasteiger charge is -2.30. The van der Waals surface area contributed by atoms with Gasteiger partial charge < -0.3 is 14.6 Å². The SMILES string of the molecule is CN1CC(NC(=O)c2coc(=O)c3ccccc23)CCC1=O. The molecule has 1 aliphatic rings. The van der Waals surface area contributed by atoms with Crippen molar-refractivity contribution >= 4 is 22.6 Å². The molecule has 2 aromatic rings. The molecule has 0 saturated carbocycles. The van der Waals surface area contributed by atoms with Crippen LogP contribution in [0, 0.1) is 0 Å². The maximum absolute atomic E-state index is 12.4. The molecule has 1 atom stereocenters. The van der Waals surface area contributed by atoms with Gasteiger partial charge in [-0.05, 0) is 12.5 Å². The second-order valence-corrected chi connectivity index (χ2v) is 5.47. The Labute approximate surface area is 126 Å². The van der Waals surface area contributed by atoms with Crippen molar-refractivity contribution in [2.45, 2.75) is 18.9 Å². The highest BCUT2D eigenvalue weighted by atomic mass is 16.4. The third-order valence-corrected chi connectivity index (χ3v) is 3.93. The lowest BCUT2D eigenvalue weighted by Crippen LogP contribution is -2.48. The number of hydrogen-bond donors (Lipinski definition) is 1. The van der Waals surface area contributed by atoms with E-state index in [1.165, 1.54) is 6.26 Å². The van der Waals surface area contributed by atoms with Gasteiger partial charge in [-0.3, -0.25) is 9.59 Å². The molecule has 6 nitrogen and oxygen atoms in total. The first kappa shape index (κ1) is 14.3. The number of benzene rings is 1. The number of likely N-dealkylation sites (tertiary alicyclic amines) is 1. The quantitative estimate of drug-likeness (QED) is 0.902. The number of amides is 2. The lowest BCUT2D eigenvalue weighted by molar-refractivity contribution is -0.132. The molecule has 22 heavy (non-hydrogen) atoms. The highest BCUT2D eigenvalue weighted by molar-refractivity contribution is 6.06. The van der Waals surface area contributed by atoms with Gasteiger partial charge in [0.2, 0.25) is 5.91 Å². The fourth-order valence-electron chi connectivity index (χ4n) is 2.70. The van der Waals surface area contributed by atoms with Gasteiger partial charge >= 0.3 is 5.63 Å². The third-order valence-electron chi connectivity index (χ3n) is 3.93. The van der Waals surface area contributed by atoms with E-state index in [9.17, 15) is 14.4 Å². The van der Waals surface area contributed by atoms with Gasteiger partial charge in [0.05, 0.1) is 10.9 Å². The molecule has 1 N–H and O–H groups in total. The van der Waals surface area contributed by atoms with Crippen molar-refractivity contribution in [1.29, 1.82) is 0 Å².